The zero-order valence-corrected chi connectivity index (χ0v) is 13.5. The van der Waals surface area contributed by atoms with E-state index < -0.39 is 0 Å². The van der Waals surface area contributed by atoms with E-state index in [-0.39, 0.29) is 11.9 Å². The van der Waals surface area contributed by atoms with Crippen molar-refractivity contribution in [1.29, 1.82) is 0 Å². The Hall–Kier alpha value is -2.89. The van der Waals surface area contributed by atoms with Gasteiger partial charge in [-0.05, 0) is 36.4 Å². The third kappa shape index (κ3) is 3.37. The molecule has 3 rings (SSSR count). The van der Waals surface area contributed by atoms with E-state index in [0.29, 0.717) is 24.2 Å². The third-order valence-electron chi connectivity index (χ3n) is 4.13. The van der Waals surface area contributed by atoms with Gasteiger partial charge in [-0.1, -0.05) is 0 Å². The average molecular weight is 325 g/mol. The van der Waals surface area contributed by atoms with Gasteiger partial charge in [-0.15, -0.1) is 0 Å². The fourth-order valence-electron chi connectivity index (χ4n) is 2.77. The van der Waals surface area contributed by atoms with Gasteiger partial charge in [-0.25, -0.2) is 4.79 Å². The summed E-state index contributed by atoms with van der Waals surface area (Å²) in [7, 11) is 1.37. The number of methoxy groups -OCH3 is 1. The molecular weight excluding hydrogens is 306 g/mol. The van der Waals surface area contributed by atoms with Gasteiger partial charge in [0.05, 0.1) is 18.2 Å². The van der Waals surface area contributed by atoms with Crippen LogP contribution in [-0.2, 0) is 4.74 Å². The maximum absolute atomic E-state index is 12.4. The summed E-state index contributed by atoms with van der Waals surface area (Å²) < 4.78 is 4.70. The normalized spacial score (nSPS) is 14.4. The van der Waals surface area contributed by atoms with Crippen LogP contribution in [0, 0.1) is 0 Å². The Kier molecular flexibility index (Phi) is 4.74. The molecule has 2 heterocycles. The van der Waals surface area contributed by atoms with Gasteiger partial charge in [0, 0.05) is 44.3 Å². The number of carbonyl (C=O) groups excluding carboxylic acids is 2. The second-order valence-corrected chi connectivity index (χ2v) is 5.56. The van der Waals surface area contributed by atoms with Crippen molar-refractivity contribution in [2.45, 2.75) is 0 Å². The number of pyridine rings is 1. The Balaban J connectivity index is 1.61. The summed E-state index contributed by atoms with van der Waals surface area (Å²) in [6.07, 6.45) is 3.26. The molecule has 124 valence electrons. The zero-order chi connectivity index (χ0) is 16.9. The van der Waals surface area contributed by atoms with Crippen LogP contribution in [0.15, 0.2) is 48.8 Å². The van der Waals surface area contributed by atoms with Crippen LogP contribution in [0.3, 0.4) is 0 Å². The van der Waals surface area contributed by atoms with Gasteiger partial charge in [0.1, 0.15) is 0 Å². The monoisotopic (exact) mass is 325 g/mol. The van der Waals surface area contributed by atoms with Gasteiger partial charge in [0.2, 0.25) is 0 Å². The number of hydrogen-bond donors (Lipinski definition) is 0. The molecule has 24 heavy (non-hydrogen) atoms. The van der Waals surface area contributed by atoms with Gasteiger partial charge in [-0.3, -0.25) is 9.78 Å². The number of esters is 1. The number of nitrogens with zero attached hydrogens (tertiary/aromatic N) is 3. The molecule has 0 bridgehead atoms. The summed E-state index contributed by atoms with van der Waals surface area (Å²) in [4.78, 5) is 31.9. The SMILES string of the molecule is COC(=O)c1ccc(N2CCN(C(=O)c3cccnc3)CC2)cc1. The topological polar surface area (TPSA) is 62.7 Å². The number of ether oxygens (including phenoxy) is 1. The average Bonchev–Trinajstić information content (AvgIpc) is 2.68. The first kappa shape index (κ1) is 16.0. The first-order valence-corrected chi connectivity index (χ1v) is 7.81. The number of aromatic nitrogens is 1. The molecule has 1 aromatic carbocycles. The van der Waals surface area contributed by atoms with E-state index in [9.17, 15) is 9.59 Å². The predicted octanol–water partition coefficient (Wildman–Crippen LogP) is 1.83. The van der Waals surface area contributed by atoms with Crippen molar-refractivity contribution in [3.8, 4) is 0 Å². The quantitative estimate of drug-likeness (QED) is 0.806. The third-order valence-corrected chi connectivity index (χ3v) is 4.13. The lowest BCUT2D eigenvalue weighted by atomic mass is 10.1. The smallest absolute Gasteiger partial charge is 0.337 e. The summed E-state index contributed by atoms with van der Waals surface area (Å²) in [5, 5.41) is 0. The second-order valence-electron chi connectivity index (χ2n) is 5.56. The summed E-state index contributed by atoms with van der Waals surface area (Å²) >= 11 is 0. The van der Waals surface area contributed by atoms with Crippen LogP contribution in [0.5, 0.6) is 0 Å². The fourth-order valence-corrected chi connectivity index (χ4v) is 2.77. The molecule has 0 unspecified atom stereocenters. The highest BCUT2D eigenvalue weighted by atomic mass is 16.5. The molecule has 6 nitrogen and oxygen atoms in total. The molecule has 2 aromatic rings. The highest BCUT2D eigenvalue weighted by molar-refractivity contribution is 5.94. The Morgan fingerprint density at radius 3 is 2.29 bits per heavy atom. The number of benzene rings is 1. The number of rotatable bonds is 3. The molecule has 1 aromatic heterocycles. The number of anilines is 1. The van der Waals surface area contributed by atoms with Crippen LogP contribution in [0.1, 0.15) is 20.7 Å². The molecule has 1 aliphatic rings. The molecule has 0 saturated carbocycles. The minimum atomic E-state index is -0.339. The van der Waals surface area contributed by atoms with Crippen molar-refractivity contribution in [3.63, 3.8) is 0 Å². The van der Waals surface area contributed by atoms with Crippen LogP contribution < -0.4 is 4.90 Å². The molecule has 6 heteroatoms. The molecular formula is C18H19N3O3. The highest BCUT2D eigenvalue weighted by Crippen LogP contribution is 2.18. The second kappa shape index (κ2) is 7.12. The van der Waals surface area contributed by atoms with E-state index in [0.717, 1.165) is 18.8 Å². The van der Waals surface area contributed by atoms with Gasteiger partial charge in [0.15, 0.2) is 0 Å². The van der Waals surface area contributed by atoms with Crippen molar-refractivity contribution in [2.24, 2.45) is 0 Å². The van der Waals surface area contributed by atoms with Crippen LogP contribution in [0.25, 0.3) is 0 Å². The molecule has 1 aliphatic heterocycles. The van der Waals surface area contributed by atoms with Gasteiger partial charge in [0.25, 0.3) is 5.91 Å². The molecule has 0 spiro atoms. The van der Waals surface area contributed by atoms with E-state index in [1.807, 2.05) is 17.0 Å². The lowest BCUT2D eigenvalue weighted by molar-refractivity contribution is 0.0600. The summed E-state index contributed by atoms with van der Waals surface area (Å²) in [5.41, 5.74) is 2.19. The van der Waals surface area contributed by atoms with E-state index in [1.54, 1.807) is 36.7 Å². The van der Waals surface area contributed by atoms with Crippen LogP contribution in [-0.4, -0.2) is 55.0 Å². The van der Waals surface area contributed by atoms with Crippen molar-refractivity contribution in [2.75, 3.05) is 38.2 Å². The van der Waals surface area contributed by atoms with E-state index in [2.05, 4.69) is 9.88 Å². The number of hydrogen-bond acceptors (Lipinski definition) is 5. The predicted molar refractivity (Wildman–Crippen MR) is 90.1 cm³/mol. The first-order valence-electron chi connectivity index (χ1n) is 7.81. The summed E-state index contributed by atoms with van der Waals surface area (Å²) in [5.74, 6) is -0.322. The lowest BCUT2D eigenvalue weighted by Gasteiger charge is -2.36. The molecule has 1 fully saturated rings. The van der Waals surface area contributed by atoms with Crippen molar-refractivity contribution in [1.82, 2.24) is 9.88 Å². The Bertz CT molecular complexity index is 708. The van der Waals surface area contributed by atoms with E-state index in [1.165, 1.54) is 7.11 Å². The van der Waals surface area contributed by atoms with Crippen LogP contribution >= 0.6 is 0 Å². The molecule has 0 radical (unpaired) electrons. The van der Waals surface area contributed by atoms with Crippen LogP contribution in [0.4, 0.5) is 5.69 Å². The minimum Gasteiger partial charge on any atom is -0.465 e. The summed E-state index contributed by atoms with van der Waals surface area (Å²) in [6, 6.07) is 10.9. The number of carbonyl (C=O) groups is 2. The standard InChI is InChI=1S/C18H19N3O3/c1-24-18(23)14-4-6-16(7-5-14)20-9-11-21(12-10-20)17(22)15-3-2-8-19-13-15/h2-8,13H,9-12H2,1H3. The van der Waals surface area contributed by atoms with Crippen LogP contribution in [0.2, 0.25) is 0 Å². The van der Waals surface area contributed by atoms with Gasteiger partial charge < -0.3 is 14.5 Å². The Morgan fingerprint density at radius 2 is 1.71 bits per heavy atom. The number of piperazine rings is 1. The van der Waals surface area contributed by atoms with Crippen molar-refractivity contribution in [3.05, 3.63) is 59.9 Å². The largest absolute Gasteiger partial charge is 0.465 e. The Labute approximate surface area is 140 Å². The molecule has 0 atom stereocenters. The first-order chi connectivity index (χ1) is 11.7. The van der Waals surface area contributed by atoms with Gasteiger partial charge in [-0.2, -0.15) is 0 Å². The van der Waals surface area contributed by atoms with Gasteiger partial charge >= 0.3 is 5.97 Å². The zero-order valence-electron chi connectivity index (χ0n) is 13.5. The van der Waals surface area contributed by atoms with Crippen molar-refractivity contribution >= 4 is 17.6 Å². The molecule has 1 saturated heterocycles. The molecule has 1 amide bonds. The van der Waals surface area contributed by atoms with Crippen molar-refractivity contribution < 1.29 is 14.3 Å². The van der Waals surface area contributed by atoms with E-state index in [4.69, 9.17) is 4.74 Å². The summed E-state index contributed by atoms with van der Waals surface area (Å²) in [6.45, 7) is 2.83. The maximum atomic E-state index is 12.4. The minimum absolute atomic E-state index is 0.0174. The van der Waals surface area contributed by atoms with E-state index >= 15 is 0 Å². The maximum Gasteiger partial charge on any atom is 0.337 e. The molecule has 0 aliphatic carbocycles. The molecule has 0 N–H and O–H groups in total. The fraction of sp³-hybridized carbons (Fsp3) is 0.278. The lowest BCUT2D eigenvalue weighted by Crippen LogP contribution is -2.48. The highest BCUT2D eigenvalue weighted by Gasteiger charge is 2.22. The Morgan fingerprint density at radius 1 is 1.00 bits per heavy atom. The number of amides is 1.